The lowest BCUT2D eigenvalue weighted by Crippen LogP contribution is -2.42. The molecule has 1 aliphatic rings. The van der Waals surface area contributed by atoms with E-state index in [-0.39, 0.29) is 0 Å². The smallest absolute Gasteiger partial charge is 0.162 e. The molecule has 0 amide bonds. The lowest BCUT2D eigenvalue weighted by atomic mass is 10.1. The van der Waals surface area contributed by atoms with Crippen molar-refractivity contribution >= 4 is 17.7 Å². The molecule has 1 aliphatic heterocycles. The number of hydrogen-bond donors (Lipinski definition) is 1. The predicted octanol–water partition coefficient (Wildman–Crippen LogP) is 2.74. The van der Waals surface area contributed by atoms with Crippen molar-refractivity contribution in [3.05, 3.63) is 29.8 Å². The van der Waals surface area contributed by atoms with Gasteiger partial charge in [0, 0.05) is 31.7 Å². The van der Waals surface area contributed by atoms with Crippen LogP contribution in [-0.4, -0.2) is 42.7 Å². The molecule has 0 spiro atoms. The highest BCUT2D eigenvalue weighted by molar-refractivity contribution is 7.78. The van der Waals surface area contributed by atoms with Crippen LogP contribution < -0.4 is 10.1 Å². The van der Waals surface area contributed by atoms with Gasteiger partial charge in [0.05, 0.1) is 12.1 Å². The van der Waals surface area contributed by atoms with Crippen molar-refractivity contribution in [2.45, 2.75) is 25.3 Å². The van der Waals surface area contributed by atoms with Gasteiger partial charge in [-0.25, -0.2) is 8.78 Å². The Morgan fingerprint density at radius 2 is 2.05 bits per heavy atom. The molecular weight excluding hydrogens is 294 g/mol. The van der Waals surface area contributed by atoms with Crippen molar-refractivity contribution in [1.82, 2.24) is 10.2 Å². The van der Waals surface area contributed by atoms with Crippen LogP contribution in [0.15, 0.2) is 18.2 Å². The lowest BCUT2D eigenvalue weighted by molar-refractivity contribution is 0.189. The van der Waals surface area contributed by atoms with Gasteiger partial charge in [0.25, 0.3) is 0 Å². The number of piperidine rings is 1. The molecule has 6 heteroatoms. The van der Waals surface area contributed by atoms with Crippen LogP contribution >= 0.6 is 12.2 Å². The molecule has 0 atom stereocenters. The number of hydrogen-bond acceptors (Lipinski definition) is 3. The third-order valence-electron chi connectivity index (χ3n) is 3.67. The zero-order valence-corrected chi connectivity index (χ0v) is 12.7. The summed E-state index contributed by atoms with van der Waals surface area (Å²) in [5.41, 5.74) is 1.59. The zero-order chi connectivity index (χ0) is 15.1. The molecule has 0 unspecified atom stereocenters. The van der Waals surface area contributed by atoms with Crippen LogP contribution in [0.4, 0.5) is 8.78 Å². The van der Waals surface area contributed by atoms with E-state index in [1.54, 1.807) is 5.49 Å². The van der Waals surface area contributed by atoms with Crippen LogP contribution in [0.25, 0.3) is 0 Å². The van der Waals surface area contributed by atoms with Crippen molar-refractivity contribution in [3.63, 3.8) is 0 Å². The second-order valence-electron chi connectivity index (χ2n) is 5.18. The van der Waals surface area contributed by atoms with Gasteiger partial charge in [0.2, 0.25) is 0 Å². The molecule has 0 radical (unpaired) electrons. The number of thiocarbonyl (C=S) groups is 1. The van der Waals surface area contributed by atoms with Crippen LogP contribution in [0, 0.1) is 11.6 Å². The van der Waals surface area contributed by atoms with E-state index < -0.39 is 11.6 Å². The largest absolute Gasteiger partial charge is 0.493 e. The van der Waals surface area contributed by atoms with Gasteiger partial charge in [-0.15, -0.1) is 0 Å². The molecule has 2 rings (SSSR count). The van der Waals surface area contributed by atoms with Crippen LogP contribution in [0.2, 0.25) is 0 Å². The predicted molar refractivity (Wildman–Crippen MR) is 82.7 cm³/mol. The second-order valence-corrected chi connectivity index (χ2v) is 5.41. The first-order valence-corrected chi connectivity index (χ1v) is 7.66. The van der Waals surface area contributed by atoms with E-state index in [0.29, 0.717) is 18.4 Å². The van der Waals surface area contributed by atoms with E-state index in [4.69, 9.17) is 17.0 Å². The van der Waals surface area contributed by atoms with E-state index >= 15 is 0 Å². The van der Waals surface area contributed by atoms with Gasteiger partial charge in [0.15, 0.2) is 11.6 Å². The Bertz CT molecular complexity index is 465. The SMILES string of the molecule is Fc1ccc(OCCCN2CCC(NC=S)CC2)cc1F. The summed E-state index contributed by atoms with van der Waals surface area (Å²) in [4.78, 5) is 2.39. The van der Waals surface area contributed by atoms with E-state index in [1.165, 1.54) is 6.07 Å². The van der Waals surface area contributed by atoms with Crippen LogP contribution in [0.1, 0.15) is 19.3 Å². The number of nitrogens with one attached hydrogen (secondary N) is 1. The number of ether oxygens (including phenoxy) is 1. The molecule has 0 saturated carbocycles. The number of nitrogens with zero attached hydrogens (tertiary/aromatic N) is 1. The number of benzene rings is 1. The third-order valence-corrected chi connectivity index (χ3v) is 3.81. The fraction of sp³-hybridized carbons (Fsp3) is 0.533. The first-order valence-electron chi connectivity index (χ1n) is 7.19. The Hall–Kier alpha value is -1.27. The van der Waals surface area contributed by atoms with E-state index in [2.05, 4.69) is 10.2 Å². The lowest BCUT2D eigenvalue weighted by Gasteiger charge is -2.31. The van der Waals surface area contributed by atoms with Crippen molar-refractivity contribution in [3.8, 4) is 5.75 Å². The van der Waals surface area contributed by atoms with Crippen molar-refractivity contribution in [2.24, 2.45) is 0 Å². The maximum Gasteiger partial charge on any atom is 0.162 e. The van der Waals surface area contributed by atoms with Crippen molar-refractivity contribution < 1.29 is 13.5 Å². The summed E-state index contributed by atoms with van der Waals surface area (Å²) < 4.78 is 31.2. The van der Waals surface area contributed by atoms with Gasteiger partial charge in [-0.1, -0.05) is 12.2 Å². The van der Waals surface area contributed by atoms with Gasteiger partial charge >= 0.3 is 0 Å². The van der Waals surface area contributed by atoms with Crippen molar-refractivity contribution in [1.29, 1.82) is 0 Å². The van der Waals surface area contributed by atoms with Gasteiger partial charge in [0.1, 0.15) is 5.75 Å². The minimum absolute atomic E-state index is 0.373. The summed E-state index contributed by atoms with van der Waals surface area (Å²) in [7, 11) is 0. The van der Waals surface area contributed by atoms with Gasteiger partial charge < -0.3 is 15.0 Å². The number of likely N-dealkylation sites (tertiary alicyclic amines) is 1. The van der Waals surface area contributed by atoms with Crippen molar-refractivity contribution in [2.75, 3.05) is 26.2 Å². The Balaban J connectivity index is 1.62. The summed E-state index contributed by atoms with van der Waals surface area (Å²) in [6.45, 7) is 3.55. The van der Waals surface area contributed by atoms with Crippen LogP contribution in [0.5, 0.6) is 5.75 Å². The number of rotatable bonds is 7. The van der Waals surface area contributed by atoms with Gasteiger partial charge in [-0.2, -0.15) is 0 Å². The monoisotopic (exact) mass is 314 g/mol. The minimum atomic E-state index is -0.874. The molecule has 1 fully saturated rings. The fourth-order valence-corrected chi connectivity index (χ4v) is 2.66. The Labute approximate surface area is 129 Å². The summed E-state index contributed by atoms with van der Waals surface area (Å²) in [6, 6.07) is 4.11. The molecule has 1 saturated heterocycles. The highest BCUT2D eigenvalue weighted by Gasteiger charge is 2.17. The molecule has 116 valence electrons. The third kappa shape index (κ3) is 5.21. The number of halogens is 2. The summed E-state index contributed by atoms with van der Waals surface area (Å²) in [6.07, 6.45) is 3.05. The molecular formula is C15H20F2N2OS. The van der Waals surface area contributed by atoms with E-state index in [1.807, 2.05) is 0 Å². The minimum Gasteiger partial charge on any atom is -0.493 e. The molecule has 0 aliphatic carbocycles. The molecule has 1 aromatic rings. The molecule has 0 aromatic heterocycles. The average Bonchev–Trinajstić information content (AvgIpc) is 2.49. The summed E-state index contributed by atoms with van der Waals surface area (Å²) in [5, 5.41) is 3.18. The Morgan fingerprint density at radius 1 is 1.29 bits per heavy atom. The molecule has 1 heterocycles. The maximum absolute atomic E-state index is 13.0. The first-order chi connectivity index (χ1) is 10.2. The average molecular weight is 314 g/mol. The summed E-state index contributed by atoms with van der Waals surface area (Å²) in [5.74, 6) is -1.35. The molecule has 1 aromatic carbocycles. The van der Waals surface area contributed by atoms with Gasteiger partial charge in [-0.3, -0.25) is 0 Å². The molecule has 0 bridgehead atoms. The van der Waals surface area contributed by atoms with Gasteiger partial charge in [-0.05, 0) is 31.4 Å². The topological polar surface area (TPSA) is 24.5 Å². The maximum atomic E-state index is 13.0. The summed E-state index contributed by atoms with van der Waals surface area (Å²) >= 11 is 4.80. The van der Waals surface area contributed by atoms with E-state index in [9.17, 15) is 8.78 Å². The second kappa shape index (κ2) is 8.24. The first kappa shape index (κ1) is 16.1. The quantitative estimate of drug-likeness (QED) is 0.618. The standard InChI is InChI=1S/C15H20F2N2OS/c16-14-3-2-13(10-15(14)17)20-9-1-6-19-7-4-12(5-8-19)18-11-21/h2-3,10-12H,1,4-9H2,(H,18,21). The fourth-order valence-electron chi connectivity index (χ4n) is 2.46. The molecule has 21 heavy (non-hydrogen) atoms. The molecule has 3 nitrogen and oxygen atoms in total. The molecule has 1 N–H and O–H groups in total. The van der Waals surface area contributed by atoms with Crippen LogP contribution in [0.3, 0.4) is 0 Å². The zero-order valence-electron chi connectivity index (χ0n) is 11.9. The normalized spacial score (nSPS) is 16.7. The van der Waals surface area contributed by atoms with Crippen LogP contribution in [-0.2, 0) is 0 Å². The Kier molecular flexibility index (Phi) is 6.32. The Morgan fingerprint density at radius 3 is 2.71 bits per heavy atom. The highest BCUT2D eigenvalue weighted by atomic mass is 32.1. The van der Waals surface area contributed by atoms with E-state index in [0.717, 1.165) is 51.0 Å². The highest BCUT2D eigenvalue weighted by Crippen LogP contribution is 2.16.